The maximum Gasteiger partial charge on any atom is 0.324 e. The number of hydrogen-bond donors (Lipinski definition) is 1. The number of thiazole rings is 1. The molecule has 34 heavy (non-hydrogen) atoms. The van der Waals surface area contributed by atoms with E-state index in [2.05, 4.69) is 31.2 Å². The summed E-state index contributed by atoms with van der Waals surface area (Å²) in [6.45, 7) is 0. The lowest BCUT2D eigenvalue weighted by Crippen LogP contribution is -2.13. The van der Waals surface area contributed by atoms with Crippen LogP contribution in [-0.2, 0) is 0 Å². The van der Waals surface area contributed by atoms with E-state index in [1.54, 1.807) is 35.6 Å². The second kappa shape index (κ2) is 9.55. The van der Waals surface area contributed by atoms with Crippen molar-refractivity contribution in [1.82, 2.24) is 9.97 Å². The Morgan fingerprint density at radius 1 is 1.06 bits per heavy atom. The average molecular weight is 569 g/mol. The molecule has 0 aliphatic heterocycles. The van der Waals surface area contributed by atoms with Gasteiger partial charge in [0.2, 0.25) is 0 Å². The normalized spacial score (nSPS) is 11.3. The number of pyridine rings is 1. The van der Waals surface area contributed by atoms with E-state index in [0.29, 0.717) is 21.9 Å². The smallest absolute Gasteiger partial charge is 0.298 e. The molecular weight excluding hydrogens is 556 g/mol. The molecule has 1 N–H and O–H groups in total. The molecule has 0 unspecified atom stereocenters. The van der Waals surface area contributed by atoms with E-state index < -0.39 is 4.92 Å². The summed E-state index contributed by atoms with van der Waals surface area (Å²) < 4.78 is 1.02. The molecule has 4 heterocycles. The third-order valence-corrected chi connectivity index (χ3v) is 8.15. The van der Waals surface area contributed by atoms with Gasteiger partial charge < -0.3 is 0 Å². The minimum atomic E-state index is -0.417. The molecule has 5 rings (SSSR count). The van der Waals surface area contributed by atoms with Gasteiger partial charge in [0.15, 0.2) is 5.13 Å². The maximum absolute atomic E-state index is 13.2. The number of fused-ring (bicyclic) bond motifs is 1. The first-order valence-corrected chi connectivity index (χ1v) is 13.1. The van der Waals surface area contributed by atoms with Crippen molar-refractivity contribution in [3.05, 3.63) is 90.0 Å². The number of benzene rings is 1. The fourth-order valence-electron chi connectivity index (χ4n) is 3.23. The van der Waals surface area contributed by atoms with Crippen LogP contribution in [0.5, 0.6) is 0 Å². The predicted octanol–water partition coefficient (Wildman–Crippen LogP) is 7.57. The Morgan fingerprint density at radius 3 is 2.68 bits per heavy atom. The second-order valence-corrected chi connectivity index (χ2v) is 11.4. The number of halogens is 1. The van der Waals surface area contributed by atoms with Gasteiger partial charge in [-0.2, -0.15) is 0 Å². The first-order chi connectivity index (χ1) is 16.5. The highest BCUT2D eigenvalue weighted by atomic mass is 79.9. The Morgan fingerprint density at radius 2 is 1.91 bits per heavy atom. The van der Waals surface area contributed by atoms with Gasteiger partial charge in [0.25, 0.3) is 5.91 Å². The van der Waals surface area contributed by atoms with Gasteiger partial charge in [-0.3, -0.25) is 20.2 Å². The summed E-state index contributed by atoms with van der Waals surface area (Å²) in [6, 6.07) is 16.2. The van der Waals surface area contributed by atoms with Crippen LogP contribution in [0, 0.1) is 10.1 Å². The van der Waals surface area contributed by atoms with Crippen LogP contribution >= 0.6 is 49.9 Å². The number of amides is 1. The van der Waals surface area contributed by atoms with Crippen molar-refractivity contribution >= 4 is 89.0 Å². The Bertz CT molecular complexity index is 1570. The van der Waals surface area contributed by atoms with E-state index in [1.165, 1.54) is 17.4 Å². The molecule has 0 aliphatic rings. The quantitative estimate of drug-likeness (QED) is 0.168. The average Bonchev–Trinajstić information content (AvgIpc) is 3.58. The lowest BCUT2D eigenvalue weighted by atomic mass is 10.1. The molecule has 11 heteroatoms. The molecule has 1 amide bonds. The largest absolute Gasteiger partial charge is 0.324 e. The number of nitrogens with one attached hydrogen (secondary N) is 1. The highest BCUT2D eigenvalue weighted by Crippen LogP contribution is 2.33. The minimum absolute atomic E-state index is 0.0731. The van der Waals surface area contributed by atoms with E-state index in [1.807, 2.05) is 41.8 Å². The van der Waals surface area contributed by atoms with Crippen molar-refractivity contribution in [3.8, 4) is 10.6 Å². The van der Waals surface area contributed by atoms with Gasteiger partial charge in [-0.1, -0.05) is 29.5 Å². The zero-order valence-electron chi connectivity index (χ0n) is 17.1. The van der Waals surface area contributed by atoms with Gasteiger partial charge >= 0.3 is 5.00 Å². The van der Waals surface area contributed by atoms with Gasteiger partial charge in [0.05, 0.1) is 36.1 Å². The van der Waals surface area contributed by atoms with Crippen molar-refractivity contribution in [1.29, 1.82) is 0 Å². The standard InChI is InChI=1S/C23H13BrN4O3S3/c24-20-9-8-19(34-20)18-12-32-23(26-18)27-22(29)16-11-13(25-17-4-2-1-3-15(16)17)5-6-14-7-10-21(33-14)28(30)31/h1-12H,(H,26,27,29)/b6-5+. The van der Waals surface area contributed by atoms with E-state index in [0.717, 1.165) is 36.0 Å². The van der Waals surface area contributed by atoms with E-state index >= 15 is 0 Å². The maximum atomic E-state index is 13.2. The molecular formula is C23H13BrN4O3S3. The molecule has 0 bridgehead atoms. The number of carbonyl (C=O) groups is 1. The molecule has 0 atom stereocenters. The number of thiophene rings is 2. The van der Waals surface area contributed by atoms with Crippen molar-refractivity contribution in [2.75, 3.05) is 5.32 Å². The Hall–Kier alpha value is -3.25. The topological polar surface area (TPSA) is 98.0 Å². The lowest BCUT2D eigenvalue weighted by Gasteiger charge is -2.07. The predicted molar refractivity (Wildman–Crippen MR) is 143 cm³/mol. The minimum Gasteiger partial charge on any atom is -0.298 e. The molecule has 0 aliphatic carbocycles. The van der Waals surface area contributed by atoms with Crippen LogP contribution in [0.15, 0.2) is 63.8 Å². The van der Waals surface area contributed by atoms with E-state index in [-0.39, 0.29) is 10.9 Å². The van der Waals surface area contributed by atoms with Crippen LogP contribution in [-0.4, -0.2) is 20.8 Å². The molecule has 5 aromatic rings. The number of hydrogen-bond acceptors (Lipinski definition) is 8. The molecule has 0 radical (unpaired) electrons. The summed E-state index contributed by atoms with van der Waals surface area (Å²) in [5.74, 6) is -0.284. The van der Waals surface area contributed by atoms with E-state index in [9.17, 15) is 14.9 Å². The summed E-state index contributed by atoms with van der Waals surface area (Å²) in [4.78, 5) is 34.6. The molecule has 0 saturated heterocycles. The zero-order chi connectivity index (χ0) is 23.7. The van der Waals surface area contributed by atoms with Gasteiger partial charge in [0.1, 0.15) is 0 Å². The Kier molecular flexibility index (Phi) is 6.33. The van der Waals surface area contributed by atoms with Crippen LogP contribution in [0.2, 0.25) is 0 Å². The Balaban J connectivity index is 1.43. The van der Waals surface area contributed by atoms with Gasteiger partial charge in [-0.05, 0) is 58.4 Å². The molecule has 1 aromatic carbocycles. The van der Waals surface area contributed by atoms with Crippen molar-refractivity contribution in [2.24, 2.45) is 0 Å². The third kappa shape index (κ3) is 4.82. The van der Waals surface area contributed by atoms with Crippen LogP contribution < -0.4 is 5.32 Å². The Labute approximate surface area is 213 Å². The van der Waals surface area contributed by atoms with E-state index in [4.69, 9.17) is 0 Å². The first-order valence-electron chi connectivity index (χ1n) is 9.81. The molecule has 0 spiro atoms. The molecule has 7 nitrogen and oxygen atoms in total. The number of nitro groups is 1. The highest BCUT2D eigenvalue weighted by Gasteiger charge is 2.15. The third-order valence-electron chi connectivity index (χ3n) is 4.74. The monoisotopic (exact) mass is 568 g/mol. The number of anilines is 1. The highest BCUT2D eigenvalue weighted by molar-refractivity contribution is 9.11. The van der Waals surface area contributed by atoms with Crippen molar-refractivity contribution in [2.45, 2.75) is 0 Å². The number of rotatable bonds is 6. The van der Waals surface area contributed by atoms with Crippen LogP contribution in [0.1, 0.15) is 20.9 Å². The van der Waals surface area contributed by atoms with Crippen LogP contribution in [0.3, 0.4) is 0 Å². The lowest BCUT2D eigenvalue weighted by molar-refractivity contribution is -0.380. The number of nitrogens with zero attached hydrogens (tertiary/aromatic N) is 3. The van der Waals surface area contributed by atoms with Crippen LogP contribution in [0.4, 0.5) is 10.1 Å². The summed E-state index contributed by atoms with van der Waals surface area (Å²) in [5, 5.41) is 17.0. The summed E-state index contributed by atoms with van der Waals surface area (Å²) >= 11 is 7.47. The number of para-hydroxylation sites is 1. The van der Waals surface area contributed by atoms with Gasteiger partial charge in [-0.25, -0.2) is 9.97 Å². The SMILES string of the molecule is O=C(Nc1nc(-c2ccc(Br)s2)cs1)c1cc(/C=C/c2ccc([N+](=O)[O-])s2)nc2ccccc12. The summed E-state index contributed by atoms with van der Waals surface area (Å²) in [7, 11) is 0. The fourth-order valence-corrected chi connectivity index (χ4v) is 6.08. The number of aromatic nitrogens is 2. The number of carbonyl (C=O) groups excluding carboxylic acids is 1. The second-order valence-electron chi connectivity index (χ2n) is 6.97. The van der Waals surface area contributed by atoms with Crippen molar-refractivity contribution in [3.63, 3.8) is 0 Å². The van der Waals surface area contributed by atoms with Gasteiger partial charge in [-0.15, -0.1) is 22.7 Å². The van der Waals surface area contributed by atoms with Crippen LogP contribution in [0.25, 0.3) is 33.6 Å². The molecule has 0 saturated carbocycles. The summed E-state index contributed by atoms with van der Waals surface area (Å²) in [6.07, 6.45) is 3.50. The van der Waals surface area contributed by atoms with Crippen molar-refractivity contribution < 1.29 is 9.72 Å². The fraction of sp³-hybridized carbons (Fsp3) is 0. The summed E-state index contributed by atoms with van der Waals surface area (Å²) in [5.41, 5.74) is 2.53. The zero-order valence-corrected chi connectivity index (χ0v) is 21.1. The molecule has 0 fully saturated rings. The first kappa shape index (κ1) is 22.5. The molecule has 168 valence electrons. The molecule has 4 aromatic heterocycles. The van der Waals surface area contributed by atoms with Gasteiger partial charge in [0, 0.05) is 21.7 Å².